The van der Waals surface area contributed by atoms with Crippen molar-refractivity contribution in [3.8, 4) is 0 Å². The monoisotopic (exact) mass is 131 g/mol. The van der Waals surface area contributed by atoms with Crippen LogP contribution in [0, 0.1) is 0 Å². The molecule has 1 rings (SSSR count). The molecule has 1 atom stereocenters. The minimum atomic E-state index is -2.27. The third-order valence-corrected chi connectivity index (χ3v) is 2.45. The van der Waals surface area contributed by atoms with Gasteiger partial charge >= 0.3 is 8.93 Å². The minimum absolute atomic E-state index is 0.0833. The summed E-state index contributed by atoms with van der Waals surface area (Å²) < 4.78 is 10.3. The summed E-state index contributed by atoms with van der Waals surface area (Å²) in [6.07, 6.45) is 1.91. The molecule has 8 heavy (non-hydrogen) atoms. The molecular formula is C4H9NO2Si. The first-order valence-corrected chi connectivity index (χ1v) is 4.20. The Morgan fingerprint density at radius 1 is 1.75 bits per heavy atom. The molecule has 1 saturated heterocycles. The van der Waals surface area contributed by atoms with E-state index in [0.717, 1.165) is 19.4 Å². The van der Waals surface area contributed by atoms with E-state index in [9.17, 15) is 4.46 Å². The fraction of sp³-hybridized carbons (Fsp3) is 1.00. The summed E-state index contributed by atoms with van der Waals surface area (Å²) in [7, 11) is -2.27. The van der Waals surface area contributed by atoms with Crippen molar-refractivity contribution < 1.29 is 9.26 Å². The first-order valence-electron chi connectivity index (χ1n) is 2.77. The van der Waals surface area contributed by atoms with E-state index in [1.54, 1.807) is 0 Å². The maximum atomic E-state index is 10.3. The van der Waals surface area contributed by atoms with E-state index in [4.69, 9.17) is 4.80 Å². The average molecular weight is 131 g/mol. The van der Waals surface area contributed by atoms with Crippen LogP contribution in [-0.2, 0) is 4.46 Å². The maximum absolute atomic E-state index is 10.3. The maximum Gasteiger partial charge on any atom is 0.518 e. The van der Waals surface area contributed by atoms with Gasteiger partial charge in [-0.1, -0.05) is 0 Å². The second-order valence-corrected chi connectivity index (χ2v) is 3.36. The lowest BCUT2D eigenvalue weighted by Gasteiger charge is -1.97. The third-order valence-electron chi connectivity index (χ3n) is 1.36. The highest BCUT2D eigenvalue weighted by atomic mass is 28.3. The van der Waals surface area contributed by atoms with Crippen LogP contribution >= 0.6 is 0 Å². The molecule has 0 aromatic heterocycles. The summed E-state index contributed by atoms with van der Waals surface area (Å²) in [5.74, 6) is 0. The molecule has 0 saturated carbocycles. The van der Waals surface area contributed by atoms with Gasteiger partial charge < -0.3 is 14.6 Å². The molecule has 0 amide bonds. The molecule has 1 heterocycles. The van der Waals surface area contributed by atoms with Crippen LogP contribution in [0.5, 0.6) is 0 Å². The van der Waals surface area contributed by atoms with Gasteiger partial charge in [-0.2, -0.15) is 0 Å². The first-order chi connectivity index (χ1) is 3.80. The first kappa shape index (κ1) is 5.91. The van der Waals surface area contributed by atoms with Gasteiger partial charge in [0.15, 0.2) is 0 Å². The van der Waals surface area contributed by atoms with Crippen molar-refractivity contribution in [2.45, 2.75) is 18.5 Å². The lowest BCUT2D eigenvalue weighted by molar-refractivity contribution is 0.423. The quantitative estimate of drug-likeness (QED) is 0.457. The molecule has 2 N–H and O–H groups in total. The number of hydrogen-bond donors (Lipinski definition) is 2. The van der Waals surface area contributed by atoms with E-state index in [2.05, 4.69) is 5.32 Å². The zero-order chi connectivity index (χ0) is 5.98. The Balaban J connectivity index is 2.35. The van der Waals surface area contributed by atoms with Crippen LogP contribution in [0.4, 0.5) is 0 Å². The van der Waals surface area contributed by atoms with Crippen LogP contribution in [0.1, 0.15) is 12.8 Å². The molecule has 0 aliphatic carbocycles. The van der Waals surface area contributed by atoms with Crippen LogP contribution in [0.2, 0.25) is 0 Å². The Morgan fingerprint density at radius 3 is 2.75 bits per heavy atom. The predicted octanol–water partition coefficient (Wildman–Crippen LogP) is -0.811. The molecule has 0 aromatic carbocycles. The molecule has 46 valence electrons. The molecule has 1 aliphatic rings. The molecule has 3 nitrogen and oxygen atoms in total. The highest BCUT2D eigenvalue weighted by molar-refractivity contribution is 6.35. The molecular weight excluding hydrogens is 122 g/mol. The molecule has 4 heteroatoms. The molecule has 0 spiro atoms. The minimum Gasteiger partial charge on any atom is -0.539 e. The summed E-state index contributed by atoms with van der Waals surface area (Å²) in [5.41, 5.74) is -0.0833. The summed E-state index contributed by atoms with van der Waals surface area (Å²) in [6, 6.07) is 0. The number of nitrogens with one attached hydrogen (secondary N) is 1. The van der Waals surface area contributed by atoms with Gasteiger partial charge in [0.05, 0.1) is 5.67 Å². The van der Waals surface area contributed by atoms with Gasteiger partial charge in [0.25, 0.3) is 0 Å². The van der Waals surface area contributed by atoms with Crippen LogP contribution in [-0.4, -0.2) is 25.9 Å². The molecule has 0 bridgehead atoms. The Morgan fingerprint density at radius 2 is 2.50 bits per heavy atom. The normalized spacial score (nSPS) is 28.2. The van der Waals surface area contributed by atoms with Crippen molar-refractivity contribution in [2.24, 2.45) is 0 Å². The van der Waals surface area contributed by atoms with Gasteiger partial charge in [-0.25, -0.2) is 0 Å². The Hall–Kier alpha value is -0.223. The summed E-state index contributed by atoms with van der Waals surface area (Å²) in [5, 5.41) is 2.94. The Bertz CT molecular complexity index is 100. The second-order valence-electron chi connectivity index (χ2n) is 1.99. The predicted molar refractivity (Wildman–Crippen MR) is 29.7 cm³/mol. The second kappa shape index (κ2) is 2.37. The van der Waals surface area contributed by atoms with Gasteiger partial charge in [-0.3, -0.25) is 0 Å². The van der Waals surface area contributed by atoms with Crippen molar-refractivity contribution in [3.63, 3.8) is 0 Å². The van der Waals surface area contributed by atoms with Crippen molar-refractivity contribution in [1.82, 2.24) is 5.32 Å². The summed E-state index contributed by atoms with van der Waals surface area (Å²) >= 11 is 0. The zero-order valence-corrected chi connectivity index (χ0v) is 5.55. The van der Waals surface area contributed by atoms with E-state index in [0.29, 0.717) is 0 Å². The topological polar surface area (TPSA) is 49.3 Å². The molecule has 0 aromatic rings. The van der Waals surface area contributed by atoms with Gasteiger partial charge in [0, 0.05) is 0 Å². The van der Waals surface area contributed by atoms with E-state index in [-0.39, 0.29) is 5.67 Å². The number of rotatable bonds is 1. The van der Waals surface area contributed by atoms with Crippen molar-refractivity contribution >= 4 is 8.93 Å². The fourth-order valence-electron chi connectivity index (χ4n) is 0.895. The van der Waals surface area contributed by atoms with Crippen molar-refractivity contribution in [2.75, 3.05) is 6.54 Å². The smallest absolute Gasteiger partial charge is 0.518 e. The van der Waals surface area contributed by atoms with Crippen LogP contribution in [0.3, 0.4) is 0 Å². The molecule has 1 fully saturated rings. The Labute approximate surface area is 49.5 Å². The van der Waals surface area contributed by atoms with Gasteiger partial charge in [0.2, 0.25) is 0 Å². The van der Waals surface area contributed by atoms with Gasteiger partial charge in [0.1, 0.15) is 0 Å². The average Bonchev–Trinajstić information content (AvgIpc) is 2.12. The van der Waals surface area contributed by atoms with Crippen molar-refractivity contribution in [3.05, 3.63) is 0 Å². The molecule has 0 unspecified atom stereocenters. The molecule has 1 aliphatic heterocycles. The van der Waals surface area contributed by atoms with E-state index >= 15 is 0 Å². The Kier molecular flexibility index (Phi) is 1.75. The molecule has 0 radical (unpaired) electrons. The van der Waals surface area contributed by atoms with E-state index in [1.165, 1.54) is 0 Å². The third kappa shape index (κ3) is 1.14. The van der Waals surface area contributed by atoms with Crippen LogP contribution in [0.15, 0.2) is 0 Å². The van der Waals surface area contributed by atoms with Crippen molar-refractivity contribution in [1.29, 1.82) is 0 Å². The van der Waals surface area contributed by atoms with Crippen LogP contribution in [0.25, 0.3) is 0 Å². The highest BCUT2D eigenvalue weighted by Crippen LogP contribution is 2.02. The summed E-state index contributed by atoms with van der Waals surface area (Å²) in [4.78, 5) is 8.54. The number of hydrogen-bond acceptors (Lipinski definition) is 2. The lowest BCUT2D eigenvalue weighted by Crippen LogP contribution is -2.32. The van der Waals surface area contributed by atoms with Gasteiger partial charge in [-0.05, 0) is 19.4 Å². The highest BCUT2D eigenvalue weighted by Gasteiger charge is 2.23. The zero-order valence-electron chi connectivity index (χ0n) is 4.55. The van der Waals surface area contributed by atoms with Crippen LogP contribution < -0.4 is 5.32 Å². The fourth-order valence-corrected chi connectivity index (χ4v) is 1.67. The van der Waals surface area contributed by atoms with Gasteiger partial charge in [-0.15, -0.1) is 0 Å². The SMILES string of the molecule is O=[Si](O)[C@@H]1CCCN1. The largest absolute Gasteiger partial charge is 0.539 e. The van der Waals surface area contributed by atoms with E-state index in [1.807, 2.05) is 0 Å². The standard InChI is InChI=1S/C4H9NO2Si/c6-8(7)4-2-1-3-5-4/h4-6H,1-3H2/t4-/m1/s1. The van der Waals surface area contributed by atoms with E-state index < -0.39 is 8.93 Å². The lowest BCUT2D eigenvalue weighted by atomic mass is 10.4. The summed E-state index contributed by atoms with van der Waals surface area (Å²) in [6.45, 7) is 0.904.